The lowest BCUT2D eigenvalue weighted by atomic mass is 9.79. The van der Waals surface area contributed by atoms with E-state index >= 15 is 0 Å². The topological polar surface area (TPSA) is 82.2 Å². The molecule has 0 bridgehead atoms. The van der Waals surface area contributed by atoms with Crippen LogP contribution < -0.4 is 21.3 Å². The summed E-state index contributed by atoms with van der Waals surface area (Å²) in [6.07, 6.45) is 3.12. The molecule has 5 heteroatoms. The van der Waals surface area contributed by atoms with Gasteiger partial charge in [0.25, 0.3) is 5.91 Å². The second kappa shape index (κ2) is 7.30. The van der Waals surface area contributed by atoms with Crippen LogP contribution in [0, 0.1) is 0 Å². The smallest absolute Gasteiger partial charge is 0.261 e. The highest BCUT2D eigenvalue weighted by Gasteiger charge is 2.26. The van der Waals surface area contributed by atoms with E-state index < -0.39 is 11.3 Å². The van der Waals surface area contributed by atoms with Crippen molar-refractivity contribution in [2.75, 3.05) is 5.32 Å². The lowest BCUT2D eigenvalue weighted by Crippen LogP contribution is -2.43. The number of hydrogen-bond acceptors (Lipinski definition) is 3. The minimum absolute atomic E-state index is 0.0187. The number of benzene rings is 1. The standard InChI is InChI=1S/C23H30N2O3/c1-9-17-13(2)20(27)14(12-24-17)21(28)25-18-11-19(26)16(23(6,7)8)10-15(18)22(3,4)5/h9-12,24,26H,2H2,1,3-8H3,(H,25,28)/b17-9+. The number of aromatic nitrogens is 1. The minimum Gasteiger partial charge on any atom is -0.508 e. The van der Waals surface area contributed by atoms with Crippen LogP contribution in [0.15, 0.2) is 23.1 Å². The average molecular weight is 383 g/mol. The highest BCUT2D eigenvalue weighted by atomic mass is 16.3. The molecule has 1 aromatic heterocycles. The Morgan fingerprint density at radius 3 is 2.18 bits per heavy atom. The highest BCUT2D eigenvalue weighted by molar-refractivity contribution is 6.04. The number of carbonyl (C=O) groups excluding carboxylic acids is 1. The second-order valence-electron chi connectivity index (χ2n) is 9.08. The third-order valence-corrected chi connectivity index (χ3v) is 4.75. The van der Waals surface area contributed by atoms with E-state index in [1.165, 1.54) is 6.20 Å². The fourth-order valence-electron chi connectivity index (χ4n) is 3.12. The van der Waals surface area contributed by atoms with Gasteiger partial charge in [-0.25, -0.2) is 0 Å². The Labute approximate surface area is 165 Å². The predicted octanol–water partition coefficient (Wildman–Crippen LogP) is 3.14. The molecule has 0 aliphatic rings. The number of rotatable bonds is 2. The number of nitrogens with one attached hydrogen (secondary N) is 2. The molecule has 0 aliphatic heterocycles. The Bertz CT molecular complexity index is 1080. The van der Waals surface area contributed by atoms with Crippen LogP contribution in [0.25, 0.3) is 12.7 Å². The van der Waals surface area contributed by atoms with Crippen LogP contribution >= 0.6 is 0 Å². The molecular weight excluding hydrogens is 352 g/mol. The molecule has 2 aromatic rings. The summed E-state index contributed by atoms with van der Waals surface area (Å²) in [6, 6.07) is 3.49. The maximum Gasteiger partial charge on any atom is 0.261 e. The van der Waals surface area contributed by atoms with Gasteiger partial charge in [0, 0.05) is 28.5 Å². The van der Waals surface area contributed by atoms with Crippen LogP contribution in [0.4, 0.5) is 5.69 Å². The summed E-state index contributed by atoms with van der Waals surface area (Å²) in [5.41, 5.74) is 1.20. The molecule has 0 unspecified atom stereocenters. The maximum atomic E-state index is 12.8. The van der Waals surface area contributed by atoms with E-state index in [0.717, 1.165) is 11.1 Å². The van der Waals surface area contributed by atoms with Crippen molar-refractivity contribution in [3.05, 3.63) is 55.8 Å². The number of phenolic OH excluding ortho intramolecular Hbond substituents is 1. The molecule has 0 fully saturated rings. The van der Waals surface area contributed by atoms with Crippen molar-refractivity contribution in [3.8, 4) is 5.75 Å². The Morgan fingerprint density at radius 1 is 1.11 bits per heavy atom. The van der Waals surface area contributed by atoms with E-state index in [1.54, 1.807) is 19.1 Å². The average Bonchev–Trinajstić information content (AvgIpc) is 2.54. The number of anilines is 1. The molecule has 2 rings (SSSR count). The summed E-state index contributed by atoms with van der Waals surface area (Å²) >= 11 is 0. The lowest BCUT2D eigenvalue weighted by Gasteiger charge is -2.28. The van der Waals surface area contributed by atoms with Crippen LogP contribution in [0.1, 0.15) is 70.0 Å². The first-order valence-electron chi connectivity index (χ1n) is 9.33. The van der Waals surface area contributed by atoms with Gasteiger partial charge in [0.05, 0.1) is 0 Å². The molecule has 0 saturated carbocycles. The van der Waals surface area contributed by atoms with E-state index in [9.17, 15) is 14.7 Å². The van der Waals surface area contributed by atoms with E-state index in [4.69, 9.17) is 0 Å². The van der Waals surface area contributed by atoms with Crippen molar-refractivity contribution < 1.29 is 9.90 Å². The summed E-state index contributed by atoms with van der Waals surface area (Å²) in [4.78, 5) is 28.2. The van der Waals surface area contributed by atoms with Crippen molar-refractivity contribution in [2.24, 2.45) is 0 Å². The zero-order chi connectivity index (χ0) is 21.4. The molecule has 28 heavy (non-hydrogen) atoms. The first kappa shape index (κ1) is 21.5. The number of phenols is 1. The van der Waals surface area contributed by atoms with Gasteiger partial charge in [0.1, 0.15) is 11.3 Å². The fraction of sp³-hybridized carbons (Fsp3) is 0.391. The number of pyridine rings is 1. The number of amides is 1. The Morgan fingerprint density at radius 2 is 1.68 bits per heavy atom. The molecule has 0 aliphatic carbocycles. The zero-order valence-electron chi connectivity index (χ0n) is 17.8. The number of H-pyrrole nitrogens is 1. The SMILES string of the molecule is C=c1c(=O)c(C(=O)Nc2cc(O)c(C(C)(C)C)cc2C(C)(C)C)c[nH]/c1=C/C. The molecule has 1 aromatic carbocycles. The number of aromatic amines is 1. The maximum absolute atomic E-state index is 12.8. The van der Waals surface area contributed by atoms with Gasteiger partial charge in [-0.2, -0.15) is 0 Å². The van der Waals surface area contributed by atoms with Crippen LogP contribution in [0.5, 0.6) is 5.75 Å². The highest BCUT2D eigenvalue weighted by Crippen LogP contribution is 2.39. The van der Waals surface area contributed by atoms with Gasteiger partial charge in [-0.05, 0) is 34.9 Å². The van der Waals surface area contributed by atoms with Gasteiger partial charge in [0.2, 0.25) is 5.43 Å². The Hall–Kier alpha value is -2.82. The molecule has 5 nitrogen and oxygen atoms in total. The first-order chi connectivity index (χ1) is 12.8. The lowest BCUT2D eigenvalue weighted by molar-refractivity contribution is 0.102. The molecule has 0 atom stereocenters. The third kappa shape index (κ3) is 4.19. The molecule has 0 radical (unpaired) electrons. The summed E-state index contributed by atoms with van der Waals surface area (Å²) in [5, 5.41) is 14.2. The molecular formula is C23H30N2O3. The van der Waals surface area contributed by atoms with Crippen molar-refractivity contribution in [3.63, 3.8) is 0 Å². The van der Waals surface area contributed by atoms with Gasteiger partial charge in [0.15, 0.2) is 0 Å². The fourth-order valence-corrected chi connectivity index (χ4v) is 3.12. The number of hydrogen-bond donors (Lipinski definition) is 3. The number of carbonyl (C=O) groups is 1. The van der Waals surface area contributed by atoms with E-state index in [2.05, 4.69) is 16.9 Å². The minimum atomic E-state index is -0.540. The van der Waals surface area contributed by atoms with E-state index in [-0.39, 0.29) is 27.4 Å². The zero-order valence-corrected chi connectivity index (χ0v) is 17.8. The van der Waals surface area contributed by atoms with Crippen molar-refractivity contribution >= 4 is 24.2 Å². The monoisotopic (exact) mass is 382 g/mol. The van der Waals surface area contributed by atoms with Crippen molar-refractivity contribution in [1.29, 1.82) is 0 Å². The van der Waals surface area contributed by atoms with Gasteiger partial charge in [-0.3, -0.25) is 9.59 Å². The molecule has 1 heterocycles. The number of aromatic hydroxyl groups is 1. The summed E-state index contributed by atoms with van der Waals surface area (Å²) in [5.74, 6) is -0.430. The van der Waals surface area contributed by atoms with Crippen LogP contribution in [0.2, 0.25) is 0 Å². The van der Waals surface area contributed by atoms with Crippen LogP contribution in [-0.4, -0.2) is 16.0 Å². The Kier molecular flexibility index (Phi) is 5.60. The van der Waals surface area contributed by atoms with Crippen molar-refractivity contribution in [1.82, 2.24) is 4.98 Å². The molecule has 0 saturated heterocycles. The molecule has 150 valence electrons. The summed E-state index contributed by atoms with van der Waals surface area (Å²) in [7, 11) is 0. The Balaban J connectivity index is 2.59. The quantitative estimate of drug-likeness (QED) is 0.746. The van der Waals surface area contributed by atoms with E-state index in [0.29, 0.717) is 11.0 Å². The van der Waals surface area contributed by atoms with Gasteiger partial charge >= 0.3 is 0 Å². The van der Waals surface area contributed by atoms with Crippen molar-refractivity contribution in [2.45, 2.75) is 59.3 Å². The van der Waals surface area contributed by atoms with Crippen LogP contribution in [0.3, 0.4) is 0 Å². The molecule has 1 amide bonds. The largest absolute Gasteiger partial charge is 0.508 e. The predicted molar refractivity (Wildman–Crippen MR) is 115 cm³/mol. The first-order valence-corrected chi connectivity index (χ1v) is 9.33. The second-order valence-corrected chi connectivity index (χ2v) is 9.08. The third-order valence-electron chi connectivity index (χ3n) is 4.75. The normalized spacial score (nSPS) is 12.9. The van der Waals surface area contributed by atoms with Gasteiger partial charge < -0.3 is 15.4 Å². The van der Waals surface area contributed by atoms with Crippen LogP contribution in [-0.2, 0) is 10.8 Å². The molecule has 3 N–H and O–H groups in total. The summed E-state index contributed by atoms with van der Waals surface area (Å²) < 4.78 is 0. The summed E-state index contributed by atoms with van der Waals surface area (Å²) in [6.45, 7) is 17.7. The molecule has 0 spiro atoms. The van der Waals surface area contributed by atoms with Gasteiger partial charge in [-0.1, -0.05) is 54.2 Å². The van der Waals surface area contributed by atoms with E-state index in [1.807, 2.05) is 47.6 Å². The van der Waals surface area contributed by atoms with Gasteiger partial charge in [-0.15, -0.1) is 0 Å².